The minimum absolute atomic E-state index is 0.0847. The molecule has 4 nitrogen and oxygen atoms in total. The van der Waals surface area contributed by atoms with Crippen molar-refractivity contribution < 1.29 is 9.53 Å². The lowest BCUT2D eigenvalue weighted by atomic mass is 10.0. The molecule has 2 aliphatic rings. The van der Waals surface area contributed by atoms with Gasteiger partial charge in [0.2, 0.25) is 0 Å². The first-order chi connectivity index (χ1) is 10.7. The lowest BCUT2D eigenvalue weighted by Crippen LogP contribution is -2.45. The van der Waals surface area contributed by atoms with E-state index in [1.54, 1.807) is 11.9 Å². The third-order valence-corrected chi connectivity index (χ3v) is 5.08. The number of hydrogen-bond acceptors (Lipinski definition) is 3. The van der Waals surface area contributed by atoms with Crippen LogP contribution in [-0.4, -0.2) is 54.7 Å². The monoisotopic (exact) mass is 302 g/mol. The van der Waals surface area contributed by atoms with Crippen molar-refractivity contribution in [2.75, 3.05) is 26.7 Å². The molecule has 120 valence electrons. The average molecular weight is 302 g/mol. The fourth-order valence-electron chi connectivity index (χ4n) is 3.51. The quantitative estimate of drug-likeness (QED) is 0.860. The van der Waals surface area contributed by atoms with Crippen molar-refractivity contribution in [2.45, 2.75) is 44.8 Å². The number of fused-ring (bicyclic) bond motifs is 1. The van der Waals surface area contributed by atoms with Crippen LogP contribution >= 0.6 is 0 Å². The highest BCUT2D eigenvalue weighted by Crippen LogP contribution is 2.27. The largest absolute Gasteiger partial charge is 0.446 e. The number of piperidine rings is 1. The molecule has 4 heteroatoms. The molecule has 0 radical (unpaired) electrons. The van der Waals surface area contributed by atoms with Gasteiger partial charge in [0, 0.05) is 32.7 Å². The smallest absolute Gasteiger partial charge is 0.409 e. The molecule has 0 spiro atoms. The van der Waals surface area contributed by atoms with Gasteiger partial charge in [-0.1, -0.05) is 24.3 Å². The van der Waals surface area contributed by atoms with E-state index in [-0.39, 0.29) is 12.2 Å². The molecule has 0 N–H and O–H groups in total. The maximum Gasteiger partial charge on any atom is 0.409 e. The zero-order valence-corrected chi connectivity index (χ0v) is 13.6. The minimum Gasteiger partial charge on any atom is -0.446 e. The van der Waals surface area contributed by atoms with E-state index in [1.165, 1.54) is 24.0 Å². The molecule has 0 aromatic heterocycles. The van der Waals surface area contributed by atoms with Crippen LogP contribution in [0.2, 0.25) is 0 Å². The summed E-state index contributed by atoms with van der Waals surface area (Å²) >= 11 is 0. The maximum atomic E-state index is 11.8. The van der Waals surface area contributed by atoms with E-state index in [2.05, 4.69) is 29.2 Å². The number of amides is 1. The Morgan fingerprint density at radius 1 is 1.23 bits per heavy atom. The van der Waals surface area contributed by atoms with Crippen molar-refractivity contribution in [1.82, 2.24) is 9.80 Å². The highest BCUT2D eigenvalue weighted by Gasteiger charge is 2.31. The second kappa shape index (κ2) is 6.69. The van der Waals surface area contributed by atoms with Gasteiger partial charge in [-0.2, -0.15) is 0 Å². The Morgan fingerprint density at radius 3 is 2.36 bits per heavy atom. The van der Waals surface area contributed by atoms with Crippen LogP contribution in [0.3, 0.4) is 0 Å². The van der Waals surface area contributed by atoms with Gasteiger partial charge < -0.3 is 9.64 Å². The predicted octanol–water partition coefficient (Wildman–Crippen LogP) is 2.71. The van der Waals surface area contributed by atoms with Crippen LogP contribution in [0.25, 0.3) is 0 Å². The highest BCUT2D eigenvalue weighted by molar-refractivity contribution is 5.67. The summed E-state index contributed by atoms with van der Waals surface area (Å²) in [7, 11) is 1.78. The molecule has 0 bridgehead atoms. The number of carbonyl (C=O) groups excluding carboxylic acids is 1. The van der Waals surface area contributed by atoms with E-state index in [4.69, 9.17) is 4.74 Å². The van der Waals surface area contributed by atoms with E-state index in [1.807, 2.05) is 6.92 Å². The third kappa shape index (κ3) is 3.27. The Labute approximate surface area is 133 Å². The number of likely N-dealkylation sites (tertiary alicyclic amines) is 1. The van der Waals surface area contributed by atoms with Crippen molar-refractivity contribution in [2.24, 2.45) is 0 Å². The fourth-order valence-corrected chi connectivity index (χ4v) is 3.51. The molecule has 1 aromatic carbocycles. The van der Waals surface area contributed by atoms with Gasteiger partial charge >= 0.3 is 6.09 Å². The molecular weight excluding hydrogens is 276 g/mol. The zero-order valence-electron chi connectivity index (χ0n) is 13.6. The number of hydrogen-bond donors (Lipinski definition) is 0. The Balaban J connectivity index is 1.48. The van der Waals surface area contributed by atoms with Crippen molar-refractivity contribution in [3.63, 3.8) is 0 Å². The molecule has 1 amide bonds. The summed E-state index contributed by atoms with van der Waals surface area (Å²) in [6.45, 7) is 4.72. The average Bonchev–Trinajstić information content (AvgIpc) is 2.98. The van der Waals surface area contributed by atoms with Gasteiger partial charge in [-0.3, -0.25) is 4.90 Å². The first kappa shape index (κ1) is 15.3. The van der Waals surface area contributed by atoms with Crippen LogP contribution in [0.5, 0.6) is 0 Å². The van der Waals surface area contributed by atoms with Gasteiger partial charge in [0.1, 0.15) is 6.10 Å². The van der Waals surface area contributed by atoms with E-state index in [0.717, 1.165) is 25.9 Å². The third-order valence-electron chi connectivity index (χ3n) is 5.08. The molecule has 1 aliphatic heterocycles. The normalized spacial score (nSPS) is 19.9. The summed E-state index contributed by atoms with van der Waals surface area (Å²) in [6, 6.07) is 9.41. The maximum absolute atomic E-state index is 11.8. The van der Waals surface area contributed by atoms with E-state index >= 15 is 0 Å². The molecule has 1 heterocycles. The molecule has 22 heavy (non-hydrogen) atoms. The van der Waals surface area contributed by atoms with Gasteiger partial charge in [0.05, 0.1) is 0 Å². The Morgan fingerprint density at radius 2 is 1.82 bits per heavy atom. The zero-order chi connectivity index (χ0) is 15.5. The molecule has 1 aliphatic carbocycles. The summed E-state index contributed by atoms with van der Waals surface area (Å²) in [6.07, 6.45) is 4.14. The number of nitrogens with zero attached hydrogens (tertiary/aromatic N) is 2. The lowest BCUT2D eigenvalue weighted by Gasteiger charge is -2.36. The summed E-state index contributed by atoms with van der Waals surface area (Å²) < 4.78 is 5.58. The molecule has 0 atom stereocenters. The molecule has 0 saturated carbocycles. The minimum atomic E-state index is -0.186. The van der Waals surface area contributed by atoms with Gasteiger partial charge in [-0.05, 0) is 43.7 Å². The topological polar surface area (TPSA) is 32.8 Å². The van der Waals surface area contributed by atoms with E-state index in [9.17, 15) is 4.79 Å². The van der Waals surface area contributed by atoms with E-state index in [0.29, 0.717) is 12.6 Å². The molecular formula is C18H26N2O2. The van der Waals surface area contributed by atoms with Crippen LogP contribution in [-0.2, 0) is 17.6 Å². The van der Waals surface area contributed by atoms with Crippen LogP contribution in [0.15, 0.2) is 24.3 Å². The number of ether oxygens (including phenoxy) is 1. The van der Waals surface area contributed by atoms with Gasteiger partial charge in [-0.25, -0.2) is 4.79 Å². The van der Waals surface area contributed by atoms with Gasteiger partial charge in [0.15, 0.2) is 0 Å². The molecule has 1 fully saturated rings. The second-order valence-electron chi connectivity index (χ2n) is 6.46. The summed E-state index contributed by atoms with van der Waals surface area (Å²) in [5, 5.41) is 0. The Bertz CT molecular complexity index is 499. The Kier molecular flexibility index (Phi) is 4.67. The number of benzene rings is 1. The van der Waals surface area contributed by atoms with Gasteiger partial charge in [0.25, 0.3) is 0 Å². The van der Waals surface area contributed by atoms with Crippen molar-refractivity contribution in [3.8, 4) is 0 Å². The van der Waals surface area contributed by atoms with E-state index < -0.39 is 0 Å². The lowest BCUT2D eigenvalue weighted by molar-refractivity contribution is 0.0244. The van der Waals surface area contributed by atoms with Crippen LogP contribution in [0.4, 0.5) is 4.79 Å². The van der Waals surface area contributed by atoms with Crippen molar-refractivity contribution >= 4 is 6.09 Å². The fraction of sp³-hybridized carbons (Fsp3) is 0.611. The van der Waals surface area contributed by atoms with Crippen LogP contribution in [0.1, 0.15) is 30.9 Å². The molecule has 1 aromatic rings. The van der Waals surface area contributed by atoms with Crippen molar-refractivity contribution in [1.29, 1.82) is 0 Å². The number of rotatable bonds is 3. The molecule has 3 rings (SSSR count). The van der Waals surface area contributed by atoms with Crippen molar-refractivity contribution in [3.05, 3.63) is 35.4 Å². The van der Waals surface area contributed by atoms with Crippen LogP contribution in [0, 0.1) is 0 Å². The second-order valence-corrected chi connectivity index (χ2v) is 6.46. The molecule has 0 unspecified atom stereocenters. The number of carbonyl (C=O) groups is 1. The standard InChI is InChI=1S/C18H26N2O2/c1-3-19(2)18(21)22-17-8-10-20(11-9-17)16-12-14-6-4-5-7-15(14)13-16/h4-7,16-17H,3,8-13H2,1-2H3. The summed E-state index contributed by atoms with van der Waals surface area (Å²) in [4.78, 5) is 16.0. The summed E-state index contributed by atoms with van der Waals surface area (Å²) in [5.74, 6) is 0. The predicted molar refractivity (Wildman–Crippen MR) is 87.0 cm³/mol. The summed E-state index contributed by atoms with van der Waals surface area (Å²) in [5.41, 5.74) is 3.01. The first-order valence-corrected chi connectivity index (χ1v) is 8.40. The molecule has 1 saturated heterocycles. The highest BCUT2D eigenvalue weighted by atomic mass is 16.6. The van der Waals surface area contributed by atoms with Gasteiger partial charge in [-0.15, -0.1) is 0 Å². The Hall–Kier alpha value is -1.55. The SMILES string of the molecule is CCN(C)C(=O)OC1CCN(C2Cc3ccccc3C2)CC1. The first-order valence-electron chi connectivity index (χ1n) is 8.40. The van der Waals surface area contributed by atoms with Crippen LogP contribution < -0.4 is 0 Å².